The van der Waals surface area contributed by atoms with Gasteiger partial charge in [-0.1, -0.05) is 25.1 Å². The topological polar surface area (TPSA) is 42.4 Å². The van der Waals surface area contributed by atoms with Gasteiger partial charge in [0.25, 0.3) is 0 Å². The predicted molar refractivity (Wildman–Crippen MR) is 85.9 cm³/mol. The van der Waals surface area contributed by atoms with Crippen molar-refractivity contribution in [3.63, 3.8) is 0 Å². The fourth-order valence-electron chi connectivity index (χ4n) is 2.27. The van der Waals surface area contributed by atoms with Gasteiger partial charge in [-0.15, -0.1) is 11.3 Å². The number of hydrogen-bond donors (Lipinski definition) is 1. The van der Waals surface area contributed by atoms with Gasteiger partial charge in [-0.05, 0) is 29.3 Å². The van der Waals surface area contributed by atoms with Crippen molar-refractivity contribution >= 4 is 21.4 Å². The van der Waals surface area contributed by atoms with Crippen LogP contribution in [0.15, 0.2) is 48.1 Å². The van der Waals surface area contributed by atoms with Crippen LogP contribution in [0.5, 0.6) is 5.75 Å². The number of hydrogen-bond acceptors (Lipinski definition) is 4. The summed E-state index contributed by atoms with van der Waals surface area (Å²) in [6, 6.07) is 9.96. The van der Waals surface area contributed by atoms with Gasteiger partial charge in [0.2, 0.25) is 0 Å². The molecule has 3 aromatic rings. The number of aliphatic hydroxyl groups excluding tert-OH is 1. The predicted octanol–water partition coefficient (Wildman–Crippen LogP) is 4.17. The lowest BCUT2D eigenvalue weighted by atomic mass is 10.0. The van der Waals surface area contributed by atoms with Crippen LogP contribution in [0.1, 0.15) is 30.6 Å². The number of benzene rings is 1. The van der Waals surface area contributed by atoms with Crippen LogP contribution in [0.25, 0.3) is 10.1 Å². The summed E-state index contributed by atoms with van der Waals surface area (Å²) in [6.07, 6.45) is 3.63. The Labute approximate surface area is 127 Å². The van der Waals surface area contributed by atoms with Crippen LogP contribution >= 0.6 is 11.3 Å². The third kappa shape index (κ3) is 2.91. The van der Waals surface area contributed by atoms with Crippen molar-refractivity contribution in [1.82, 2.24) is 4.98 Å². The zero-order valence-electron chi connectivity index (χ0n) is 11.8. The molecule has 21 heavy (non-hydrogen) atoms. The number of ether oxygens (including phenoxy) is 1. The Hall–Kier alpha value is -1.91. The maximum Gasteiger partial charge on any atom is 0.137 e. The standard InChI is InChI=1S/C17H17NO2S/c1-2-7-20-13-8-12(9-18-10-13)17(19)15-11-21-16-6-4-3-5-14(15)16/h3-6,8-11,17,19H,2,7H2,1H3. The van der Waals surface area contributed by atoms with Crippen LogP contribution < -0.4 is 4.74 Å². The Morgan fingerprint density at radius 1 is 1.29 bits per heavy atom. The van der Waals surface area contributed by atoms with Crippen molar-refractivity contribution in [2.45, 2.75) is 19.4 Å². The first-order valence-electron chi connectivity index (χ1n) is 7.01. The van der Waals surface area contributed by atoms with Gasteiger partial charge in [-0.3, -0.25) is 4.98 Å². The molecule has 2 heterocycles. The summed E-state index contributed by atoms with van der Waals surface area (Å²) in [6.45, 7) is 2.71. The second-order valence-electron chi connectivity index (χ2n) is 4.89. The summed E-state index contributed by atoms with van der Waals surface area (Å²) >= 11 is 1.64. The minimum Gasteiger partial charge on any atom is -0.492 e. The SMILES string of the molecule is CCCOc1cncc(C(O)c2csc3ccccc23)c1. The zero-order chi connectivity index (χ0) is 14.7. The lowest BCUT2D eigenvalue weighted by Gasteiger charge is -2.12. The van der Waals surface area contributed by atoms with E-state index in [0.717, 1.165) is 22.9 Å². The second-order valence-corrected chi connectivity index (χ2v) is 5.80. The molecule has 1 aromatic carbocycles. The first kappa shape index (κ1) is 14.0. The Morgan fingerprint density at radius 3 is 3.00 bits per heavy atom. The lowest BCUT2D eigenvalue weighted by Crippen LogP contribution is -2.01. The van der Waals surface area contributed by atoms with E-state index in [4.69, 9.17) is 4.74 Å². The zero-order valence-corrected chi connectivity index (χ0v) is 12.6. The van der Waals surface area contributed by atoms with Gasteiger partial charge in [-0.25, -0.2) is 0 Å². The maximum absolute atomic E-state index is 10.6. The number of pyridine rings is 1. The molecule has 1 N–H and O–H groups in total. The van der Waals surface area contributed by atoms with E-state index in [1.807, 2.05) is 29.6 Å². The van der Waals surface area contributed by atoms with Gasteiger partial charge in [-0.2, -0.15) is 0 Å². The van der Waals surface area contributed by atoms with Crippen molar-refractivity contribution in [2.75, 3.05) is 6.61 Å². The lowest BCUT2D eigenvalue weighted by molar-refractivity contribution is 0.220. The molecule has 108 valence electrons. The van der Waals surface area contributed by atoms with Gasteiger partial charge in [0.15, 0.2) is 0 Å². The molecule has 0 saturated heterocycles. The van der Waals surface area contributed by atoms with Crippen molar-refractivity contribution in [2.24, 2.45) is 0 Å². The normalized spacial score (nSPS) is 12.5. The summed E-state index contributed by atoms with van der Waals surface area (Å²) in [5, 5.41) is 13.7. The number of thiophene rings is 1. The van der Waals surface area contributed by atoms with Crippen LogP contribution in [-0.2, 0) is 0 Å². The quantitative estimate of drug-likeness (QED) is 0.769. The molecule has 0 amide bonds. The Morgan fingerprint density at radius 2 is 2.14 bits per heavy atom. The van der Waals surface area contributed by atoms with E-state index in [1.54, 1.807) is 23.7 Å². The van der Waals surface area contributed by atoms with E-state index in [9.17, 15) is 5.11 Å². The largest absolute Gasteiger partial charge is 0.492 e. The Balaban J connectivity index is 1.92. The minimum atomic E-state index is -0.682. The summed E-state index contributed by atoms with van der Waals surface area (Å²) in [7, 11) is 0. The number of nitrogens with zero attached hydrogens (tertiary/aromatic N) is 1. The molecule has 0 radical (unpaired) electrons. The minimum absolute atomic E-state index is 0.655. The highest BCUT2D eigenvalue weighted by Crippen LogP contribution is 2.33. The first-order valence-corrected chi connectivity index (χ1v) is 7.89. The van der Waals surface area contributed by atoms with Crippen molar-refractivity contribution in [3.8, 4) is 5.75 Å². The molecule has 3 nitrogen and oxygen atoms in total. The molecule has 0 spiro atoms. The number of aromatic nitrogens is 1. The van der Waals surface area contributed by atoms with Crippen LogP contribution in [-0.4, -0.2) is 16.7 Å². The molecule has 0 bridgehead atoms. The molecule has 0 aliphatic carbocycles. The van der Waals surface area contributed by atoms with Crippen LogP contribution in [0, 0.1) is 0 Å². The smallest absolute Gasteiger partial charge is 0.137 e. The average molecular weight is 299 g/mol. The van der Waals surface area contributed by atoms with Crippen molar-refractivity contribution < 1.29 is 9.84 Å². The van der Waals surface area contributed by atoms with E-state index in [2.05, 4.69) is 18.0 Å². The van der Waals surface area contributed by atoms with Crippen molar-refractivity contribution in [1.29, 1.82) is 0 Å². The monoisotopic (exact) mass is 299 g/mol. The molecule has 2 aromatic heterocycles. The Kier molecular flexibility index (Phi) is 4.18. The number of aliphatic hydroxyl groups is 1. The van der Waals surface area contributed by atoms with Crippen LogP contribution in [0.2, 0.25) is 0 Å². The molecule has 0 fully saturated rings. The molecule has 4 heteroatoms. The molecule has 3 rings (SSSR count). The molecule has 0 aliphatic heterocycles. The molecule has 1 unspecified atom stereocenters. The number of rotatable bonds is 5. The van der Waals surface area contributed by atoms with Crippen LogP contribution in [0.4, 0.5) is 0 Å². The average Bonchev–Trinajstić information content (AvgIpc) is 2.96. The third-order valence-electron chi connectivity index (χ3n) is 3.33. The molecular formula is C17H17NO2S. The van der Waals surface area contributed by atoms with Crippen LogP contribution in [0.3, 0.4) is 0 Å². The maximum atomic E-state index is 10.6. The van der Waals surface area contributed by atoms with Gasteiger partial charge in [0.1, 0.15) is 11.9 Å². The molecular weight excluding hydrogens is 282 g/mol. The Bertz CT molecular complexity index is 738. The highest BCUT2D eigenvalue weighted by molar-refractivity contribution is 7.17. The fourth-order valence-corrected chi connectivity index (χ4v) is 3.25. The van der Waals surface area contributed by atoms with Gasteiger partial charge >= 0.3 is 0 Å². The highest BCUT2D eigenvalue weighted by Gasteiger charge is 2.16. The van der Waals surface area contributed by atoms with Gasteiger partial charge in [0, 0.05) is 22.0 Å². The molecule has 1 atom stereocenters. The molecule has 0 saturated carbocycles. The third-order valence-corrected chi connectivity index (χ3v) is 4.31. The summed E-state index contributed by atoms with van der Waals surface area (Å²) in [5.74, 6) is 0.702. The second kappa shape index (κ2) is 6.24. The van der Waals surface area contributed by atoms with E-state index >= 15 is 0 Å². The number of fused-ring (bicyclic) bond motifs is 1. The van der Waals surface area contributed by atoms with E-state index in [0.29, 0.717) is 12.4 Å². The van der Waals surface area contributed by atoms with E-state index in [1.165, 1.54) is 4.70 Å². The van der Waals surface area contributed by atoms with Gasteiger partial charge in [0.05, 0.1) is 12.8 Å². The van der Waals surface area contributed by atoms with E-state index < -0.39 is 6.10 Å². The molecule has 0 aliphatic rings. The van der Waals surface area contributed by atoms with E-state index in [-0.39, 0.29) is 0 Å². The fraction of sp³-hybridized carbons (Fsp3) is 0.235. The first-order chi connectivity index (χ1) is 10.3. The van der Waals surface area contributed by atoms with Gasteiger partial charge < -0.3 is 9.84 Å². The summed E-state index contributed by atoms with van der Waals surface area (Å²) < 4.78 is 6.76. The summed E-state index contributed by atoms with van der Waals surface area (Å²) in [4.78, 5) is 4.17. The summed E-state index contributed by atoms with van der Waals surface area (Å²) in [5.41, 5.74) is 1.68. The van der Waals surface area contributed by atoms with Crippen molar-refractivity contribution in [3.05, 3.63) is 59.2 Å². The highest BCUT2D eigenvalue weighted by atomic mass is 32.1.